The lowest BCUT2D eigenvalue weighted by atomic mass is 10.2. The lowest BCUT2D eigenvalue weighted by molar-refractivity contribution is 0.102. The predicted octanol–water partition coefficient (Wildman–Crippen LogP) is 1.41. The van der Waals surface area contributed by atoms with Crippen LogP contribution in [0, 0.1) is 6.92 Å². The number of nitrogens with zero attached hydrogens (tertiary/aromatic N) is 2. The van der Waals surface area contributed by atoms with E-state index in [1.807, 2.05) is 25.1 Å². The second-order valence-electron chi connectivity index (χ2n) is 4.44. The number of imidazole rings is 1. The highest BCUT2D eigenvalue weighted by atomic mass is 16.5. The maximum Gasteiger partial charge on any atom is 0.275 e. The minimum Gasteiger partial charge on any atom is -0.495 e. The fourth-order valence-corrected chi connectivity index (χ4v) is 1.84. The highest BCUT2D eigenvalue weighted by Gasteiger charge is 2.12. The summed E-state index contributed by atoms with van der Waals surface area (Å²) in [6.45, 7) is 3.10. The van der Waals surface area contributed by atoms with E-state index in [9.17, 15) is 4.79 Å². The highest BCUT2D eigenvalue weighted by Crippen LogP contribution is 2.25. The van der Waals surface area contributed by atoms with Gasteiger partial charge in [0.15, 0.2) is 0 Å². The molecule has 3 N–H and O–H groups in total. The first kappa shape index (κ1) is 14.1. The summed E-state index contributed by atoms with van der Waals surface area (Å²) in [5.74, 6) is 0.350. The zero-order chi connectivity index (χ0) is 14.5. The summed E-state index contributed by atoms with van der Waals surface area (Å²) in [5.41, 5.74) is 7.49. The van der Waals surface area contributed by atoms with E-state index in [0.29, 0.717) is 30.2 Å². The Morgan fingerprint density at radius 3 is 3.00 bits per heavy atom. The van der Waals surface area contributed by atoms with Gasteiger partial charge in [0.25, 0.3) is 5.91 Å². The van der Waals surface area contributed by atoms with Crippen molar-refractivity contribution in [3.05, 3.63) is 42.0 Å². The molecule has 0 unspecified atom stereocenters. The number of hydrogen-bond donors (Lipinski definition) is 2. The smallest absolute Gasteiger partial charge is 0.275 e. The SMILES string of the molecule is COc1cc(C)ccc1NC(=O)c1cn(CCN)cn1. The number of hydrogen-bond acceptors (Lipinski definition) is 4. The Labute approximate surface area is 117 Å². The van der Waals surface area contributed by atoms with Crippen molar-refractivity contribution in [3.63, 3.8) is 0 Å². The van der Waals surface area contributed by atoms with Gasteiger partial charge in [0.05, 0.1) is 19.1 Å². The molecule has 0 aliphatic rings. The molecule has 0 saturated heterocycles. The quantitative estimate of drug-likeness (QED) is 0.863. The lowest BCUT2D eigenvalue weighted by Crippen LogP contribution is -2.13. The summed E-state index contributed by atoms with van der Waals surface area (Å²) in [4.78, 5) is 16.2. The number of benzene rings is 1. The molecule has 0 radical (unpaired) electrons. The average molecular weight is 274 g/mol. The Hall–Kier alpha value is -2.34. The first-order valence-corrected chi connectivity index (χ1v) is 6.32. The van der Waals surface area contributed by atoms with Gasteiger partial charge in [0, 0.05) is 19.3 Å². The molecule has 6 heteroatoms. The van der Waals surface area contributed by atoms with E-state index in [4.69, 9.17) is 10.5 Å². The summed E-state index contributed by atoms with van der Waals surface area (Å²) in [5, 5.41) is 2.79. The van der Waals surface area contributed by atoms with Crippen molar-refractivity contribution in [3.8, 4) is 5.75 Å². The van der Waals surface area contributed by atoms with Crippen molar-refractivity contribution < 1.29 is 9.53 Å². The van der Waals surface area contributed by atoms with Gasteiger partial charge in [-0.1, -0.05) is 6.07 Å². The average Bonchev–Trinajstić information content (AvgIpc) is 2.90. The largest absolute Gasteiger partial charge is 0.495 e. The van der Waals surface area contributed by atoms with Gasteiger partial charge in [0.2, 0.25) is 0 Å². The zero-order valence-electron chi connectivity index (χ0n) is 11.6. The first-order valence-electron chi connectivity index (χ1n) is 6.32. The zero-order valence-corrected chi connectivity index (χ0v) is 11.6. The Bertz CT molecular complexity index is 607. The number of anilines is 1. The number of nitrogens with two attached hydrogens (primary N) is 1. The monoisotopic (exact) mass is 274 g/mol. The van der Waals surface area contributed by atoms with Crippen LogP contribution in [0.25, 0.3) is 0 Å². The first-order chi connectivity index (χ1) is 9.63. The van der Waals surface area contributed by atoms with Crippen LogP contribution in [-0.2, 0) is 6.54 Å². The number of aryl methyl sites for hydroxylation is 1. The van der Waals surface area contributed by atoms with Crippen molar-refractivity contribution in [1.82, 2.24) is 9.55 Å². The maximum atomic E-state index is 12.1. The summed E-state index contributed by atoms with van der Waals surface area (Å²) in [6, 6.07) is 5.58. The summed E-state index contributed by atoms with van der Waals surface area (Å²) in [7, 11) is 1.57. The summed E-state index contributed by atoms with van der Waals surface area (Å²) >= 11 is 0. The number of amides is 1. The van der Waals surface area contributed by atoms with Gasteiger partial charge in [-0.3, -0.25) is 4.79 Å². The van der Waals surface area contributed by atoms with Crippen LogP contribution in [0.1, 0.15) is 16.1 Å². The number of nitrogens with one attached hydrogen (secondary N) is 1. The third-order valence-corrected chi connectivity index (χ3v) is 2.86. The van der Waals surface area contributed by atoms with Crippen molar-refractivity contribution >= 4 is 11.6 Å². The fraction of sp³-hybridized carbons (Fsp3) is 0.286. The van der Waals surface area contributed by atoms with E-state index in [0.717, 1.165) is 5.56 Å². The molecular formula is C14H18N4O2. The predicted molar refractivity (Wildman–Crippen MR) is 77.0 cm³/mol. The molecule has 2 aromatic rings. The van der Waals surface area contributed by atoms with Crippen LogP contribution < -0.4 is 15.8 Å². The van der Waals surface area contributed by atoms with E-state index in [2.05, 4.69) is 10.3 Å². The number of rotatable bonds is 5. The molecule has 1 aromatic carbocycles. The molecule has 0 aliphatic heterocycles. The second kappa shape index (κ2) is 6.21. The molecule has 2 rings (SSSR count). The minimum absolute atomic E-state index is 0.275. The molecule has 1 amide bonds. The van der Waals surface area contributed by atoms with Crippen LogP contribution in [0.5, 0.6) is 5.75 Å². The Kier molecular flexibility index (Phi) is 4.37. The van der Waals surface area contributed by atoms with Gasteiger partial charge in [-0.25, -0.2) is 4.98 Å². The number of carbonyl (C=O) groups excluding carboxylic acids is 1. The molecule has 0 aliphatic carbocycles. The van der Waals surface area contributed by atoms with Crippen molar-refractivity contribution in [2.75, 3.05) is 19.0 Å². The van der Waals surface area contributed by atoms with E-state index in [1.54, 1.807) is 24.2 Å². The van der Waals surface area contributed by atoms with Gasteiger partial charge >= 0.3 is 0 Å². The molecule has 0 fully saturated rings. The Morgan fingerprint density at radius 2 is 2.30 bits per heavy atom. The fourth-order valence-electron chi connectivity index (χ4n) is 1.84. The van der Waals surface area contributed by atoms with E-state index in [-0.39, 0.29) is 5.91 Å². The van der Waals surface area contributed by atoms with E-state index in [1.165, 1.54) is 0 Å². The number of carbonyl (C=O) groups is 1. The molecular weight excluding hydrogens is 256 g/mol. The maximum absolute atomic E-state index is 12.1. The van der Waals surface area contributed by atoms with E-state index >= 15 is 0 Å². The van der Waals surface area contributed by atoms with Gasteiger partial charge < -0.3 is 20.4 Å². The molecule has 0 bridgehead atoms. The van der Waals surface area contributed by atoms with Crippen LogP contribution >= 0.6 is 0 Å². The standard InChI is InChI=1S/C14H18N4O2/c1-10-3-4-11(13(7-10)20-2)17-14(19)12-8-18(6-5-15)9-16-12/h3-4,7-9H,5-6,15H2,1-2H3,(H,17,19). The minimum atomic E-state index is -0.275. The molecule has 106 valence electrons. The normalized spacial score (nSPS) is 10.3. The third kappa shape index (κ3) is 3.16. The summed E-state index contributed by atoms with van der Waals surface area (Å²) < 4.78 is 7.03. The van der Waals surface area contributed by atoms with E-state index < -0.39 is 0 Å². The van der Waals surface area contributed by atoms with Gasteiger partial charge in [0.1, 0.15) is 11.4 Å². The van der Waals surface area contributed by atoms with Gasteiger partial charge in [-0.15, -0.1) is 0 Å². The Morgan fingerprint density at radius 1 is 1.50 bits per heavy atom. The van der Waals surface area contributed by atoms with Crippen LogP contribution in [-0.4, -0.2) is 29.1 Å². The van der Waals surface area contributed by atoms with Crippen molar-refractivity contribution in [2.24, 2.45) is 5.73 Å². The second-order valence-corrected chi connectivity index (χ2v) is 4.44. The molecule has 20 heavy (non-hydrogen) atoms. The molecule has 6 nitrogen and oxygen atoms in total. The van der Waals surface area contributed by atoms with Gasteiger partial charge in [-0.2, -0.15) is 0 Å². The van der Waals surface area contributed by atoms with Gasteiger partial charge in [-0.05, 0) is 24.6 Å². The van der Waals surface area contributed by atoms with Crippen molar-refractivity contribution in [2.45, 2.75) is 13.5 Å². The lowest BCUT2D eigenvalue weighted by Gasteiger charge is -2.09. The number of ether oxygens (including phenoxy) is 1. The van der Waals surface area contributed by atoms with Crippen LogP contribution in [0.2, 0.25) is 0 Å². The van der Waals surface area contributed by atoms with Crippen LogP contribution in [0.3, 0.4) is 0 Å². The molecule has 1 aromatic heterocycles. The highest BCUT2D eigenvalue weighted by molar-refractivity contribution is 6.03. The number of methoxy groups -OCH3 is 1. The van der Waals surface area contributed by atoms with Crippen molar-refractivity contribution in [1.29, 1.82) is 0 Å². The molecule has 0 atom stereocenters. The Balaban J connectivity index is 2.14. The third-order valence-electron chi connectivity index (χ3n) is 2.86. The van der Waals surface area contributed by atoms with Crippen LogP contribution in [0.15, 0.2) is 30.7 Å². The van der Waals surface area contributed by atoms with Crippen LogP contribution in [0.4, 0.5) is 5.69 Å². The summed E-state index contributed by atoms with van der Waals surface area (Å²) in [6.07, 6.45) is 3.26. The molecule has 0 spiro atoms. The molecule has 1 heterocycles. The topological polar surface area (TPSA) is 82.2 Å². The number of aromatic nitrogens is 2. The molecule has 0 saturated carbocycles.